The Morgan fingerprint density at radius 1 is 1.70 bits per heavy atom. The summed E-state index contributed by atoms with van der Waals surface area (Å²) in [4.78, 5) is 4.33. The predicted molar refractivity (Wildman–Crippen MR) is 46.2 cm³/mol. The molecule has 0 amide bonds. The molecule has 0 spiro atoms. The quantitative estimate of drug-likeness (QED) is 0.743. The van der Waals surface area contributed by atoms with Crippen molar-refractivity contribution >= 4 is 27.3 Å². The molecule has 54 valence electrons. The van der Waals surface area contributed by atoms with E-state index in [0.29, 0.717) is 0 Å². The maximum Gasteiger partial charge on any atom is 0.159 e. The van der Waals surface area contributed by atoms with Gasteiger partial charge in [-0.05, 0) is 41.1 Å². The van der Waals surface area contributed by atoms with Gasteiger partial charge in [-0.3, -0.25) is 0 Å². The Morgan fingerprint density at radius 3 is 3.00 bits per heavy atom. The molecule has 1 fully saturated rings. The number of rotatable bonds is 2. The van der Waals surface area contributed by atoms with Crippen molar-refractivity contribution in [3.05, 3.63) is 15.0 Å². The third-order valence-corrected chi connectivity index (χ3v) is 3.13. The van der Waals surface area contributed by atoms with E-state index in [-0.39, 0.29) is 0 Å². The van der Waals surface area contributed by atoms with Crippen molar-refractivity contribution in [2.24, 2.45) is 5.92 Å². The van der Waals surface area contributed by atoms with Crippen molar-refractivity contribution in [2.45, 2.75) is 19.3 Å². The van der Waals surface area contributed by atoms with Gasteiger partial charge in [0.15, 0.2) is 3.92 Å². The van der Waals surface area contributed by atoms with Gasteiger partial charge in [-0.25, -0.2) is 4.98 Å². The molecule has 1 nitrogen and oxygen atoms in total. The van der Waals surface area contributed by atoms with Gasteiger partial charge < -0.3 is 0 Å². The molecule has 0 unspecified atom stereocenters. The Labute approximate surface area is 72.6 Å². The van der Waals surface area contributed by atoms with Gasteiger partial charge in [0.25, 0.3) is 0 Å². The SMILES string of the molecule is Brc1nc(CC2CC2)cs1. The Bertz CT molecular complexity index is 229. The van der Waals surface area contributed by atoms with Crippen molar-refractivity contribution in [2.75, 3.05) is 0 Å². The number of hydrogen-bond donors (Lipinski definition) is 0. The molecular formula is C7H8BrNS. The van der Waals surface area contributed by atoms with Crippen LogP contribution in [0.2, 0.25) is 0 Å². The molecule has 10 heavy (non-hydrogen) atoms. The largest absolute Gasteiger partial charge is 0.234 e. The van der Waals surface area contributed by atoms with E-state index in [4.69, 9.17) is 0 Å². The van der Waals surface area contributed by atoms with Crippen molar-refractivity contribution in [1.82, 2.24) is 4.98 Å². The van der Waals surface area contributed by atoms with E-state index >= 15 is 0 Å². The van der Waals surface area contributed by atoms with Crippen LogP contribution >= 0.6 is 27.3 Å². The topological polar surface area (TPSA) is 12.9 Å². The Morgan fingerprint density at radius 2 is 2.50 bits per heavy atom. The van der Waals surface area contributed by atoms with Crippen LogP contribution in [0.15, 0.2) is 9.30 Å². The van der Waals surface area contributed by atoms with Gasteiger partial charge in [0.1, 0.15) is 0 Å². The van der Waals surface area contributed by atoms with Gasteiger partial charge in [0.05, 0.1) is 5.69 Å². The normalized spacial score (nSPS) is 17.7. The van der Waals surface area contributed by atoms with Crippen LogP contribution in [0, 0.1) is 5.92 Å². The second kappa shape index (κ2) is 2.62. The third kappa shape index (κ3) is 1.58. The van der Waals surface area contributed by atoms with Crippen LogP contribution in [0.1, 0.15) is 18.5 Å². The molecule has 1 aromatic heterocycles. The van der Waals surface area contributed by atoms with Crippen LogP contribution in [0.4, 0.5) is 0 Å². The van der Waals surface area contributed by atoms with E-state index in [2.05, 4.69) is 26.3 Å². The van der Waals surface area contributed by atoms with Crippen LogP contribution in [0.5, 0.6) is 0 Å². The van der Waals surface area contributed by atoms with Gasteiger partial charge in [-0.15, -0.1) is 11.3 Å². The number of halogens is 1. The fourth-order valence-corrected chi connectivity index (χ4v) is 2.05. The fraction of sp³-hybridized carbons (Fsp3) is 0.571. The molecule has 1 heterocycles. The van der Waals surface area contributed by atoms with E-state index in [1.807, 2.05) is 0 Å². The fourth-order valence-electron chi connectivity index (χ4n) is 0.994. The van der Waals surface area contributed by atoms with Crippen LogP contribution in [-0.4, -0.2) is 4.98 Å². The molecule has 1 aliphatic carbocycles. The summed E-state index contributed by atoms with van der Waals surface area (Å²) in [5, 5.41) is 2.14. The zero-order valence-corrected chi connectivity index (χ0v) is 7.91. The molecule has 1 saturated carbocycles. The van der Waals surface area contributed by atoms with Crippen LogP contribution in [-0.2, 0) is 6.42 Å². The third-order valence-electron chi connectivity index (χ3n) is 1.72. The van der Waals surface area contributed by atoms with Crippen LogP contribution in [0.25, 0.3) is 0 Å². The van der Waals surface area contributed by atoms with Crippen molar-refractivity contribution in [3.8, 4) is 0 Å². The standard InChI is InChI=1S/C7H8BrNS/c8-7-9-6(4-10-7)3-5-1-2-5/h4-5H,1-3H2. The minimum Gasteiger partial charge on any atom is -0.234 e. The lowest BCUT2D eigenvalue weighted by molar-refractivity contribution is 0.809. The molecule has 0 aromatic carbocycles. The summed E-state index contributed by atoms with van der Waals surface area (Å²) in [5.41, 5.74) is 1.26. The molecule has 0 saturated heterocycles. The lowest BCUT2D eigenvalue weighted by Gasteiger charge is -1.87. The molecule has 0 atom stereocenters. The van der Waals surface area contributed by atoms with Crippen molar-refractivity contribution in [1.29, 1.82) is 0 Å². The van der Waals surface area contributed by atoms with Gasteiger partial charge in [0, 0.05) is 5.38 Å². The monoisotopic (exact) mass is 217 g/mol. The molecule has 1 aliphatic rings. The highest BCUT2D eigenvalue weighted by Gasteiger charge is 2.22. The molecule has 0 radical (unpaired) electrons. The molecule has 0 N–H and O–H groups in total. The Kier molecular flexibility index (Phi) is 1.78. The van der Waals surface area contributed by atoms with E-state index in [1.165, 1.54) is 25.0 Å². The summed E-state index contributed by atoms with van der Waals surface area (Å²) in [6.45, 7) is 0. The zero-order chi connectivity index (χ0) is 6.97. The summed E-state index contributed by atoms with van der Waals surface area (Å²) < 4.78 is 1.02. The highest BCUT2D eigenvalue weighted by molar-refractivity contribution is 9.11. The first-order valence-electron chi connectivity index (χ1n) is 3.44. The summed E-state index contributed by atoms with van der Waals surface area (Å²) in [7, 11) is 0. The first-order valence-corrected chi connectivity index (χ1v) is 5.12. The maximum absolute atomic E-state index is 4.33. The first kappa shape index (κ1) is 6.80. The number of aromatic nitrogens is 1. The Balaban J connectivity index is 2.03. The van der Waals surface area contributed by atoms with Crippen molar-refractivity contribution in [3.63, 3.8) is 0 Å². The minimum absolute atomic E-state index is 0.953. The van der Waals surface area contributed by atoms with Gasteiger partial charge >= 0.3 is 0 Å². The number of nitrogens with zero attached hydrogens (tertiary/aromatic N) is 1. The number of thiazole rings is 1. The summed E-state index contributed by atoms with van der Waals surface area (Å²) in [6.07, 6.45) is 4.02. The number of hydrogen-bond acceptors (Lipinski definition) is 2. The van der Waals surface area contributed by atoms with E-state index in [9.17, 15) is 0 Å². The average molecular weight is 218 g/mol. The van der Waals surface area contributed by atoms with Gasteiger partial charge in [0.2, 0.25) is 0 Å². The Hall–Kier alpha value is 0.110. The summed E-state index contributed by atoms with van der Waals surface area (Å²) >= 11 is 5.03. The van der Waals surface area contributed by atoms with Gasteiger partial charge in [-0.1, -0.05) is 0 Å². The summed E-state index contributed by atoms with van der Waals surface area (Å²) in [5.74, 6) is 0.953. The molecule has 0 bridgehead atoms. The average Bonchev–Trinajstić information content (AvgIpc) is 2.59. The predicted octanol–water partition coefficient (Wildman–Crippen LogP) is 2.86. The molecule has 2 rings (SSSR count). The maximum atomic E-state index is 4.33. The lowest BCUT2D eigenvalue weighted by atomic mass is 10.2. The molecule has 1 aromatic rings. The van der Waals surface area contributed by atoms with Crippen LogP contribution in [0.3, 0.4) is 0 Å². The van der Waals surface area contributed by atoms with Crippen LogP contribution < -0.4 is 0 Å². The minimum atomic E-state index is 0.953. The smallest absolute Gasteiger partial charge is 0.159 e. The molecule has 3 heteroatoms. The highest BCUT2D eigenvalue weighted by atomic mass is 79.9. The molecular weight excluding hydrogens is 210 g/mol. The summed E-state index contributed by atoms with van der Waals surface area (Å²) in [6, 6.07) is 0. The zero-order valence-electron chi connectivity index (χ0n) is 5.51. The van der Waals surface area contributed by atoms with E-state index < -0.39 is 0 Å². The molecule has 0 aliphatic heterocycles. The van der Waals surface area contributed by atoms with E-state index in [0.717, 1.165) is 9.83 Å². The lowest BCUT2D eigenvalue weighted by Crippen LogP contribution is -1.85. The van der Waals surface area contributed by atoms with Gasteiger partial charge in [-0.2, -0.15) is 0 Å². The van der Waals surface area contributed by atoms with E-state index in [1.54, 1.807) is 11.3 Å². The highest BCUT2D eigenvalue weighted by Crippen LogP contribution is 2.33. The second-order valence-electron chi connectivity index (χ2n) is 2.74. The van der Waals surface area contributed by atoms with Crippen molar-refractivity contribution < 1.29 is 0 Å². The second-order valence-corrected chi connectivity index (χ2v) is 4.87. The first-order chi connectivity index (χ1) is 4.84.